The molecule has 1 saturated carbocycles. The first-order valence-electron chi connectivity index (χ1n) is 9.51. The summed E-state index contributed by atoms with van der Waals surface area (Å²) in [5.41, 5.74) is 0. The minimum atomic E-state index is 0.499. The minimum Gasteiger partial charge on any atom is -0.381 e. The van der Waals surface area contributed by atoms with Crippen molar-refractivity contribution in [1.82, 2.24) is 0 Å². The lowest BCUT2D eigenvalue weighted by Crippen LogP contribution is -2.17. The zero-order chi connectivity index (χ0) is 14.9. The summed E-state index contributed by atoms with van der Waals surface area (Å²) in [6, 6.07) is 0. The van der Waals surface area contributed by atoms with Gasteiger partial charge in [0.1, 0.15) is 0 Å². The Labute approximate surface area is 132 Å². The van der Waals surface area contributed by atoms with E-state index in [2.05, 4.69) is 6.92 Å². The number of methoxy groups -OCH3 is 1. The van der Waals surface area contributed by atoms with Gasteiger partial charge in [0.05, 0.1) is 18.3 Å². The summed E-state index contributed by atoms with van der Waals surface area (Å²) in [5.74, 6) is 0.903. The highest BCUT2D eigenvalue weighted by Gasteiger charge is 2.43. The highest BCUT2D eigenvalue weighted by molar-refractivity contribution is 4.91. The smallest absolute Gasteiger partial charge is 0.0844 e. The monoisotopic (exact) mass is 296 g/mol. The molecule has 1 aliphatic heterocycles. The predicted molar refractivity (Wildman–Crippen MR) is 88.6 cm³/mol. The Hall–Kier alpha value is -0.0800. The van der Waals surface area contributed by atoms with Gasteiger partial charge in [0.2, 0.25) is 0 Å². The first kappa shape index (κ1) is 17.3. The fourth-order valence-corrected chi connectivity index (χ4v) is 3.88. The van der Waals surface area contributed by atoms with E-state index in [0.29, 0.717) is 18.3 Å². The molecule has 0 amide bonds. The van der Waals surface area contributed by atoms with Crippen LogP contribution >= 0.6 is 0 Å². The van der Waals surface area contributed by atoms with E-state index in [1.54, 1.807) is 0 Å². The Bertz CT molecular complexity index is 266. The van der Waals surface area contributed by atoms with Gasteiger partial charge in [-0.2, -0.15) is 0 Å². The molecule has 0 bridgehead atoms. The topological polar surface area (TPSA) is 21.8 Å². The first-order valence-corrected chi connectivity index (χ1v) is 9.51. The molecular formula is C19H36O2. The summed E-state index contributed by atoms with van der Waals surface area (Å²) < 4.78 is 11.3. The lowest BCUT2D eigenvalue weighted by molar-refractivity contribution is 0.0780. The number of rotatable bonds is 12. The molecule has 0 radical (unpaired) electrons. The minimum absolute atomic E-state index is 0.499. The average molecular weight is 296 g/mol. The fraction of sp³-hybridized carbons (Fsp3) is 1.00. The van der Waals surface area contributed by atoms with E-state index in [4.69, 9.17) is 9.47 Å². The molecule has 0 N–H and O–H groups in total. The highest BCUT2D eigenvalue weighted by atomic mass is 16.6. The van der Waals surface area contributed by atoms with E-state index < -0.39 is 0 Å². The molecular weight excluding hydrogens is 260 g/mol. The summed E-state index contributed by atoms with van der Waals surface area (Å²) in [4.78, 5) is 0. The van der Waals surface area contributed by atoms with Crippen LogP contribution in [0.5, 0.6) is 0 Å². The quantitative estimate of drug-likeness (QED) is 0.351. The van der Waals surface area contributed by atoms with Crippen LogP contribution in [0.2, 0.25) is 0 Å². The molecule has 21 heavy (non-hydrogen) atoms. The summed E-state index contributed by atoms with van der Waals surface area (Å²) in [6.07, 6.45) is 19.4. The predicted octanol–water partition coefficient (Wildman–Crippen LogP) is 5.49. The normalized spacial score (nSPS) is 29.1. The molecule has 0 aromatic carbocycles. The number of fused-ring (bicyclic) bond motifs is 1. The SMILES string of the molecule is CCCCCCCCCC(CCC1CCC2OC2C1)OC. The molecule has 2 fully saturated rings. The van der Waals surface area contributed by atoms with E-state index in [1.165, 1.54) is 83.5 Å². The molecule has 1 aliphatic carbocycles. The molecule has 1 saturated heterocycles. The Balaban J connectivity index is 1.45. The summed E-state index contributed by atoms with van der Waals surface area (Å²) in [5, 5.41) is 0. The van der Waals surface area contributed by atoms with E-state index >= 15 is 0 Å². The van der Waals surface area contributed by atoms with Crippen LogP contribution in [0.4, 0.5) is 0 Å². The molecule has 4 atom stereocenters. The van der Waals surface area contributed by atoms with Crippen molar-refractivity contribution in [2.45, 2.75) is 109 Å². The van der Waals surface area contributed by atoms with Crippen LogP contribution in [0.15, 0.2) is 0 Å². The van der Waals surface area contributed by atoms with Crippen LogP contribution in [-0.4, -0.2) is 25.4 Å². The maximum absolute atomic E-state index is 5.69. The number of hydrogen-bond donors (Lipinski definition) is 0. The third kappa shape index (κ3) is 6.69. The van der Waals surface area contributed by atoms with E-state index in [0.717, 1.165) is 5.92 Å². The van der Waals surface area contributed by atoms with Crippen molar-refractivity contribution in [2.75, 3.05) is 7.11 Å². The highest BCUT2D eigenvalue weighted by Crippen LogP contribution is 2.41. The van der Waals surface area contributed by atoms with E-state index in [9.17, 15) is 0 Å². The number of hydrogen-bond acceptors (Lipinski definition) is 2. The molecule has 0 spiro atoms. The zero-order valence-electron chi connectivity index (χ0n) is 14.3. The van der Waals surface area contributed by atoms with Gasteiger partial charge in [-0.25, -0.2) is 0 Å². The molecule has 0 aromatic rings. The van der Waals surface area contributed by atoms with Crippen molar-refractivity contribution >= 4 is 0 Å². The second-order valence-corrected chi connectivity index (χ2v) is 7.24. The van der Waals surface area contributed by atoms with Crippen LogP contribution in [0.1, 0.15) is 90.4 Å². The lowest BCUT2D eigenvalue weighted by atomic mass is 9.85. The average Bonchev–Trinajstić information content (AvgIpc) is 3.28. The summed E-state index contributed by atoms with van der Waals surface area (Å²) in [7, 11) is 1.90. The van der Waals surface area contributed by atoms with Crippen molar-refractivity contribution in [3.05, 3.63) is 0 Å². The molecule has 4 unspecified atom stereocenters. The van der Waals surface area contributed by atoms with Gasteiger partial charge in [-0.05, 0) is 44.4 Å². The third-order valence-corrected chi connectivity index (χ3v) is 5.47. The molecule has 2 nitrogen and oxygen atoms in total. The standard InChI is InChI=1S/C19H36O2/c1-3-4-5-6-7-8-9-10-17(20-2)13-11-16-12-14-18-19(15-16)21-18/h16-19H,3-15H2,1-2H3. The van der Waals surface area contributed by atoms with Crippen molar-refractivity contribution in [2.24, 2.45) is 5.92 Å². The van der Waals surface area contributed by atoms with Gasteiger partial charge in [0, 0.05) is 7.11 Å². The number of ether oxygens (including phenoxy) is 2. The zero-order valence-corrected chi connectivity index (χ0v) is 14.3. The second kappa shape index (κ2) is 9.84. The van der Waals surface area contributed by atoms with Crippen LogP contribution in [0.25, 0.3) is 0 Å². The van der Waals surface area contributed by atoms with Gasteiger partial charge >= 0.3 is 0 Å². The molecule has 2 rings (SSSR count). The number of unbranched alkanes of at least 4 members (excludes halogenated alkanes) is 6. The molecule has 0 aromatic heterocycles. The second-order valence-electron chi connectivity index (χ2n) is 7.24. The maximum atomic E-state index is 5.69. The maximum Gasteiger partial charge on any atom is 0.0844 e. The van der Waals surface area contributed by atoms with Gasteiger partial charge in [0.15, 0.2) is 0 Å². The van der Waals surface area contributed by atoms with Crippen molar-refractivity contribution in [1.29, 1.82) is 0 Å². The van der Waals surface area contributed by atoms with Crippen molar-refractivity contribution in [3.63, 3.8) is 0 Å². The van der Waals surface area contributed by atoms with Crippen LogP contribution in [0, 0.1) is 5.92 Å². The van der Waals surface area contributed by atoms with Gasteiger partial charge < -0.3 is 9.47 Å². The Kier molecular flexibility index (Phi) is 8.10. The van der Waals surface area contributed by atoms with E-state index in [1.807, 2.05) is 7.11 Å². The van der Waals surface area contributed by atoms with Crippen molar-refractivity contribution in [3.8, 4) is 0 Å². The Morgan fingerprint density at radius 1 is 0.952 bits per heavy atom. The van der Waals surface area contributed by atoms with Gasteiger partial charge in [-0.1, -0.05) is 51.9 Å². The fourth-order valence-electron chi connectivity index (χ4n) is 3.88. The lowest BCUT2D eigenvalue weighted by Gasteiger charge is -2.22. The first-order chi connectivity index (χ1) is 10.3. The molecule has 2 aliphatic rings. The van der Waals surface area contributed by atoms with Gasteiger partial charge in [0.25, 0.3) is 0 Å². The molecule has 2 heteroatoms. The molecule has 124 valence electrons. The number of epoxide rings is 1. The molecule has 1 heterocycles. The Morgan fingerprint density at radius 3 is 2.43 bits per heavy atom. The van der Waals surface area contributed by atoms with Gasteiger partial charge in [-0.15, -0.1) is 0 Å². The van der Waals surface area contributed by atoms with Crippen LogP contribution < -0.4 is 0 Å². The van der Waals surface area contributed by atoms with E-state index in [-0.39, 0.29) is 0 Å². The van der Waals surface area contributed by atoms with Gasteiger partial charge in [-0.3, -0.25) is 0 Å². The Morgan fingerprint density at radius 2 is 1.71 bits per heavy atom. The van der Waals surface area contributed by atoms with Crippen molar-refractivity contribution < 1.29 is 9.47 Å². The summed E-state index contributed by atoms with van der Waals surface area (Å²) in [6.45, 7) is 2.28. The largest absolute Gasteiger partial charge is 0.381 e. The van der Waals surface area contributed by atoms with Crippen LogP contribution in [0.3, 0.4) is 0 Å². The van der Waals surface area contributed by atoms with Crippen LogP contribution in [-0.2, 0) is 9.47 Å². The summed E-state index contributed by atoms with van der Waals surface area (Å²) >= 11 is 0. The third-order valence-electron chi connectivity index (χ3n) is 5.47.